The fourth-order valence-electron chi connectivity index (χ4n) is 1.29. The van der Waals surface area contributed by atoms with E-state index in [4.69, 9.17) is 5.73 Å². The SMILES string of the molecule is Nc1nc(-c2ccc(OC(F)(F)F)c(F)c2)cs1. The van der Waals surface area contributed by atoms with Crippen LogP contribution in [0.15, 0.2) is 23.6 Å². The van der Waals surface area contributed by atoms with Gasteiger partial charge in [0.05, 0.1) is 5.69 Å². The molecule has 3 nitrogen and oxygen atoms in total. The van der Waals surface area contributed by atoms with Gasteiger partial charge in [-0.3, -0.25) is 0 Å². The second-order valence-corrected chi connectivity index (χ2v) is 4.15. The number of thiazole rings is 1. The average molecular weight is 278 g/mol. The van der Waals surface area contributed by atoms with Crippen LogP contribution in [-0.2, 0) is 0 Å². The molecule has 0 unspecified atom stereocenters. The van der Waals surface area contributed by atoms with Crippen LogP contribution in [0.2, 0.25) is 0 Å². The summed E-state index contributed by atoms with van der Waals surface area (Å²) in [5, 5.41) is 1.87. The van der Waals surface area contributed by atoms with Crippen LogP contribution in [0.25, 0.3) is 11.3 Å². The Morgan fingerprint density at radius 3 is 2.50 bits per heavy atom. The van der Waals surface area contributed by atoms with Crippen molar-refractivity contribution >= 4 is 16.5 Å². The maximum atomic E-state index is 13.4. The molecule has 0 bridgehead atoms. The van der Waals surface area contributed by atoms with Gasteiger partial charge in [0.2, 0.25) is 0 Å². The summed E-state index contributed by atoms with van der Waals surface area (Å²) in [5.74, 6) is -1.99. The second kappa shape index (κ2) is 4.45. The lowest BCUT2D eigenvalue weighted by Gasteiger charge is -2.09. The van der Waals surface area contributed by atoms with Crippen molar-refractivity contribution in [1.29, 1.82) is 0 Å². The van der Waals surface area contributed by atoms with Gasteiger partial charge in [-0.05, 0) is 18.2 Å². The number of benzene rings is 1. The first-order valence-electron chi connectivity index (χ1n) is 4.62. The smallest absolute Gasteiger partial charge is 0.403 e. The van der Waals surface area contributed by atoms with Crippen LogP contribution in [0.1, 0.15) is 0 Å². The minimum Gasteiger partial charge on any atom is -0.403 e. The Kier molecular flexibility index (Phi) is 3.12. The monoisotopic (exact) mass is 278 g/mol. The first-order valence-corrected chi connectivity index (χ1v) is 5.50. The minimum absolute atomic E-state index is 0.293. The Morgan fingerprint density at radius 2 is 2.00 bits per heavy atom. The van der Waals surface area contributed by atoms with Crippen LogP contribution in [0.5, 0.6) is 5.75 Å². The highest BCUT2D eigenvalue weighted by molar-refractivity contribution is 7.13. The van der Waals surface area contributed by atoms with E-state index >= 15 is 0 Å². The summed E-state index contributed by atoms with van der Waals surface area (Å²) in [6.07, 6.45) is -4.92. The Morgan fingerprint density at radius 1 is 1.28 bits per heavy atom. The fourth-order valence-corrected chi connectivity index (χ4v) is 1.86. The molecule has 0 aliphatic carbocycles. The molecule has 1 heterocycles. The topological polar surface area (TPSA) is 48.1 Å². The molecule has 0 spiro atoms. The number of hydrogen-bond donors (Lipinski definition) is 1. The van der Waals surface area contributed by atoms with Crippen molar-refractivity contribution in [3.8, 4) is 17.0 Å². The van der Waals surface area contributed by atoms with Gasteiger partial charge < -0.3 is 10.5 Å². The largest absolute Gasteiger partial charge is 0.573 e. The van der Waals surface area contributed by atoms with Gasteiger partial charge in [-0.15, -0.1) is 24.5 Å². The maximum Gasteiger partial charge on any atom is 0.573 e. The summed E-state index contributed by atoms with van der Waals surface area (Å²) in [4.78, 5) is 3.89. The van der Waals surface area contributed by atoms with Gasteiger partial charge in [0.15, 0.2) is 16.7 Å². The highest BCUT2D eigenvalue weighted by Gasteiger charge is 2.32. The van der Waals surface area contributed by atoms with Crippen LogP contribution < -0.4 is 10.5 Å². The molecular weight excluding hydrogens is 272 g/mol. The summed E-state index contributed by atoms with van der Waals surface area (Å²) in [6, 6.07) is 3.09. The minimum atomic E-state index is -4.92. The van der Waals surface area contributed by atoms with Gasteiger partial charge in [-0.2, -0.15) is 0 Å². The number of nitrogen functional groups attached to an aromatic ring is 1. The van der Waals surface area contributed by atoms with Crippen molar-refractivity contribution in [3.05, 3.63) is 29.4 Å². The average Bonchev–Trinajstić information content (AvgIpc) is 2.66. The molecule has 2 aromatic rings. The van der Waals surface area contributed by atoms with E-state index in [1.165, 1.54) is 6.07 Å². The van der Waals surface area contributed by atoms with E-state index in [2.05, 4.69) is 9.72 Å². The number of nitrogens with two attached hydrogens (primary N) is 1. The molecule has 0 amide bonds. The Labute approximate surface area is 103 Å². The number of anilines is 1. The summed E-state index contributed by atoms with van der Waals surface area (Å²) in [6.45, 7) is 0. The number of nitrogens with zero attached hydrogens (tertiary/aromatic N) is 1. The molecule has 18 heavy (non-hydrogen) atoms. The molecule has 0 radical (unpaired) electrons. The lowest BCUT2D eigenvalue weighted by Crippen LogP contribution is -2.17. The predicted molar refractivity (Wildman–Crippen MR) is 58.6 cm³/mol. The fraction of sp³-hybridized carbons (Fsp3) is 0.100. The Bertz CT molecular complexity index is 567. The van der Waals surface area contributed by atoms with Crippen molar-refractivity contribution in [2.45, 2.75) is 6.36 Å². The molecule has 0 atom stereocenters. The molecule has 8 heteroatoms. The first-order chi connectivity index (χ1) is 8.35. The summed E-state index contributed by atoms with van der Waals surface area (Å²) in [7, 11) is 0. The third-order valence-electron chi connectivity index (χ3n) is 1.98. The maximum absolute atomic E-state index is 13.4. The normalized spacial score (nSPS) is 11.6. The van der Waals surface area contributed by atoms with Crippen molar-refractivity contribution in [2.24, 2.45) is 0 Å². The molecular formula is C10H6F4N2OS. The first kappa shape index (κ1) is 12.6. The van der Waals surface area contributed by atoms with Crippen LogP contribution >= 0.6 is 11.3 Å². The van der Waals surface area contributed by atoms with Gasteiger partial charge in [0, 0.05) is 10.9 Å². The zero-order valence-electron chi connectivity index (χ0n) is 8.66. The molecule has 1 aromatic carbocycles. The molecule has 0 saturated carbocycles. The van der Waals surface area contributed by atoms with Crippen LogP contribution in [0.4, 0.5) is 22.7 Å². The van der Waals surface area contributed by atoms with Crippen molar-refractivity contribution in [1.82, 2.24) is 4.98 Å². The highest BCUT2D eigenvalue weighted by Crippen LogP contribution is 2.30. The number of halogens is 4. The zero-order chi connectivity index (χ0) is 13.3. The van der Waals surface area contributed by atoms with Gasteiger partial charge >= 0.3 is 6.36 Å². The number of rotatable bonds is 2. The predicted octanol–water partition coefficient (Wildman–Crippen LogP) is 3.43. The Balaban J connectivity index is 2.30. The summed E-state index contributed by atoms with van der Waals surface area (Å²) >= 11 is 1.15. The number of aromatic nitrogens is 1. The van der Waals surface area contributed by atoms with Gasteiger partial charge in [0.25, 0.3) is 0 Å². The molecule has 2 rings (SSSR count). The number of ether oxygens (including phenoxy) is 1. The van der Waals surface area contributed by atoms with E-state index in [1.54, 1.807) is 5.38 Å². The van der Waals surface area contributed by atoms with E-state index in [-0.39, 0.29) is 0 Å². The zero-order valence-corrected chi connectivity index (χ0v) is 9.48. The van der Waals surface area contributed by atoms with E-state index in [1.807, 2.05) is 0 Å². The van der Waals surface area contributed by atoms with Crippen molar-refractivity contribution in [2.75, 3.05) is 5.73 Å². The summed E-state index contributed by atoms with van der Waals surface area (Å²) in [5.41, 5.74) is 6.13. The molecule has 96 valence electrons. The van der Waals surface area contributed by atoms with Gasteiger partial charge in [0.1, 0.15) is 0 Å². The quantitative estimate of drug-likeness (QED) is 0.856. The summed E-state index contributed by atoms with van der Waals surface area (Å²) < 4.78 is 52.7. The van der Waals surface area contributed by atoms with E-state index in [9.17, 15) is 17.6 Å². The van der Waals surface area contributed by atoms with Gasteiger partial charge in [-0.1, -0.05) is 0 Å². The molecule has 1 aromatic heterocycles. The third kappa shape index (κ3) is 2.89. The standard InChI is InChI=1S/C10H6F4N2OS/c11-6-3-5(7-4-18-9(15)16-7)1-2-8(6)17-10(12,13)14/h1-4H,(H2,15,16). The van der Waals surface area contributed by atoms with Crippen LogP contribution in [0, 0.1) is 5.82 Å². The Hall–Kier alpha value is -1.83. The lowest BCUT2D eigenvalue weighted by atomic mass is 10.1. The molecule has 0 aliphatic heterocycles. The van der Waals surface area contributed by atoms with Crippen molar-refractivity contribution < 1.29 is 22.3 Å². The van der Waals surface area contributed by atoms with E-state index in [0.29, 0.717) is 16.4 Å². The van der Waals surface area contributed by atoms with Crippen molar-refractivity contribution in [3.63, 3.8) is 0 Å². The lowest BCUT2D eigenvalue weighted by molar-refractivity contribution is -0.275. The van der Waals surface area contributed by atoms with Crippen LogP contribution in [0.3, 0.4) is 0 Å². The molecule has 0 fully saturated rings. The molecule has 0 saturated heterocycles. The van der Waals surface area contributed by atoms with E-state index in [0.717, 1.165) is 23.5 Å². The number of alkyl halides is 3. The highest BCUT2D eigenvalue weighted by atomic mass is 32.1. The second-order valence-electron chi connectivity index (χ2n) is 3.26. The van der Waals surface area contributed by atoms with E-state index < -0.39 is 17.9 Å². The number of hydrogen-bond acceptors (Lipinski definition) is 4. The molecule has 0 aliphatic rings. The third-order valence-corrected chi connectivity index (χ3v) is 2.65. The van der Waals surface area contributed by atoms with Crippen LogP contribution in [-0.4, -0.2) is 11.3 Å². The van der Waals surface area contributed by atoms with Gasteiger partial charge in [-0.25, -0.2) is 9.37 Å². The molecule has 2 N–H and O–H groups in total.